The molecule has 0 unspecified atom stereocenters. The van der Waals surface area contributed by atoms with Gasteiger partial charge in [0.1, 0.15) is 0 Å². The molecule has 0 atom stereocenters. The van der Waals surface area contributed by atoms with Gasteiger partial charge in [-0.3, -0.25) is 0 Å². The van der Waals surface area contributed by atoms with Crippen molar-refractivity contribution in [1.82, 2.24) is 0 Å². The van der Waals surface area contributed by atoms with Crippen LogP contribution in [0.4, 0.5) is 0 Å². The number of benzene rings is 4. The summed E-state index contributed by atoms with van der Waals surface area (Å²) in [6, 6.07) is 25.9. The fourth-order valence-corrected chi connectivity index (χ4v) is 4.37. The van der Waals surface area contributed by atoms with E-state index in [0.717, 1.165) is 12.8 Å². The summed E-state index contributed by atoms with van der Waals surface area (Å²) in [5.74, 6) is 0. The van der Waals surface area contributed by atoms with E-state index in [2.05, 4.69) is 106 Å². The number of hydrogen-bond donors (Lipinski definition) is 0. The molecule has 0 aromatic heterocycles. The van der Waals surface area contributed by atoms with E-state index in [0.29, 0.717) is 0 Å². The zero-order valence-electron chi connectivity index (χ0n) is 20.2. The summed E-state index contributed by atoms with van der Waals surface area (Å²) >= 11 is 1.36. The minimum atomic E-state index is 0. The molecule has 0 bridgehead atoms. The van der Waals surface area contributed by atoms with Gasteiger partial charge >= 0.3 is 30.2 Å². The molecule has 4 aromatic rings. The summed E-state index contributed by atoms with van der Waals surface area (Å²) in [5, 5.41) is 5.44. The molecule has 2 aliphatic rings. The van der Waals surface area contributed by atoms with E-state index in [-0.39, 0.29) is 39.7 Å². The zero-order chi connectivity index (χ0) is 21.1. The van der Waals surface area contributed by atoms with Gasteiger partial charge in [-0.25, -0.2) is 0 Å². The number of halogens is 2. The molecule has 0 aliphatic heterocycles. The molecule has 0 saturated heterocycles. The standard InChI is InChI=1S/2C14H11.2CH3.2ClH.Si.Zr/c2*1-10-8-12-7-6-11-4-2-3-5-13(11)14(12)9-10;;;;;;/h2*2-7H,9H2,1H3;2*1H3;2*1H;;/q4*-1;;;;. The molecule has 176 valence electrons. The van der Waals surface area contributed by atoms with Gasteiger partial charge in [0.05, 0.1) is 0 Å². The van der Waals surface area contributed by atoms with Crippen molar-refractivity contribution in [3.63, 3.8) is 0 Å². The average Bonchev–Trinajstić information content (AvgIpc) is 3.37. The summed E-state index contributed by atoms with van der Waals surface area (Å²) in [6.07, 6.45) is 8.94. The summed E-state index contributed by atoms with van der Waals surface area (Å²) in [7, 11) is 0. The summed E-state index contributed by atoms with van der Waals surface area (Å²) < 4.78 is 0. The van der Waals surface area contributed by atoms with Crippen LogP contribution < -0.4 is 0 Å². The molecular formula is C30H30Cl2SiZr-4. The second kappa shape index (κ2) is 14.8. The molecule has 0 nitrogen and oxygen atoms in total. The fraction of sp³-hybridized carbons (Fsp3) is 0.133. The van der Waals surface area contributed by atoms with E-state index < -0.39 is 0 Å². The Labute approximate surface area is 235 Å². The van der Waals surface area contributed by atoms with Crippen LogP contribution in [-0.4, -0.2) is 6.88 Å². The van der Waals surface area contributed by atoms with Crippen LogP contribution in [0.2, 0.25) is 0 Å². The van der Waals surface area contributed by atoms with Crippen molar-refractivity contribution in [2.45, 2.75) is 26.7 Å². The first kappa shape index (κ1) is 32.6. The molecule has 4 aromatic carbocycles. The van der Waals surface area contributed by atoms with Crippen LogP contribution >= 0.6 is 24.8 Å². The monoisotopic (exact) mass is 578 g/mol. The molecular weight excluding hydrogens is 551 g/mol. The van der Waals surface area contributed by atoms with E-state index in [1.165, 1.54) is 78.3 Å². The van der Waals surface area contributed by atoms with Gasteiger partial charge in [-0.1, -0.05) is 86.0 Å². The van der Waals surface area contributed by atoms with Crippen molar-refractivity contribution in [2.75, 3.05) is 0 Å². The molecule has 0 N–H and O–H groups in total. The Morgan fingerprint density at radius 2 is 0.941 bits per heavy atom. The van der Waals surface area contributed by atoms with E-state index in [1.807, 2.05) is 0 Å². The van der Waals surface area contributed by atoms with Gasteiger partial charge in [-0.2, -0.15) is 35.4 Å². The Morgan fingerprint density at radius 3 is 1.32 bits per heavy atom. The number of hydrogen-bond acceptors (Lipinski definition) is 0. The van der Waals surface area contributed by atoms with Crippen molar-refractivity contribution in [1.29, 1.82) is 0 Å². The van der Waals surface area contributed by atoms with Crippen molar-refractivity contribution < 1.29 is 23.3 Å². The number of rotatable bonds is 0. The molecule has 0 fully saturated rings. The molecule has 2 aliphatic carbocycles. The predicted molar refractivity (Wildman–Crippen MR) is 151 cm³/mol. The van der Waals surface area contributed by atoms with Crippen molar-refractivity contribution >= 4 is 53.2 Å². The molecule has 4 heteroatoms. The van der Waals surface area contributed by atoms with Crippen LogP contribution in [0, 0.1) is 27.0 Å². The average molecular weight is 581 g/mol. The Kier molecular flexibility index (Phi) is 14.2. The molecule has 0 heterocycles. The Bertz CT molecular complexity index is 1210. The third kappa shape index (κ3) is 6.82. The Balaban J connectivity index is 0.000000538. The molecule has 0 amide bonds. The van der Waals surface area contributed by atoms with Crippen molar-refractivity contribution in [2.24, 2.45) is 0 Å². The van der Waals surface area contributed by atoms with Crippen LogP contribution in [0.25, 0.3) is 21.5 Å². The first-order valence-corrected chi connectivity index (χ1v) is 14.3. The predicted octanol–water partition coefficient (Wildman–Crippen LogP) is 8.35. The van der Waals surface area contributed by atoms with E-state index in [4.69, 9.17) is 0 Å². The van der Waals surface area contributed by atoms with Gasteiger partial charge in [-0.15, -0.1) is 59.2 Å². The van der Waals surface area contributed by atoms with E-state index in [1.54, 1.807) is 0 Å². The molecule has 0 spiro atoms. The molecule has 6 rings (SSSR count). The second-order valence-electron chi connectivity index (χ2n) is 7.79. The number of allylic oxidation sites excluding steroid dienone is 2. The third-order valence-electron chi connectivity index (χ3n) is 5.66. The van der Waals surface area contributed by atoms with Crippen LogP contribution in [-0.2, 0) is 36.2 Å². The van der Waals surface area contributed by atoms with E-state index in [9.17, 15) is 0 Å². The van der Waals surface area contributed by atoms with Crippen LogP contribution in [0.1, 0.15) is 36.1 Å². The third-order valence-corrected chi connectivity index (χ3v) is 5.66. The quantitative estimate of drug-likeness (QED) is 0.145. The Morgan fingerprint density at radius 1 is 0.588 bits per heavy atom. The summed E-state index contributed by atoms with van der Waals surface area (Å²) in [6.45, 7) is 7.36. The van der Waals surface area contributed by atoms with Gasteiger partial charge in [-0.05, 0) is 10.8 Å². The molecule has 0 saturated carbocycles. The van der Waals surface area contributed by atoms with E-state index >= 15 is 0 Å². The van der Waals surface area contributed by atoms with Crippen LogP contribution in [0.5, 0.6) is 0 Å². The molecule has 2 radical (unpaired) electrons. The van der Waals surface area contributed by atoms with Crippen LogP contribution in [0.15, 0.2) is 83.9 Å². The second-order valence-corrected chi connectivity index (χ2v) is 7.79. The summed E-state index contributed by atoms with van der Waals surface area (Å²) in [5.41, 5.74) is 8.14. The van der Waals surface area contributed by atoms with Gasteiger partial charge in [0.25, 0.3) is 0 Å². The maximum atomic E-state index is 3.41. The normalized spacial score (nSPS) is 11.8. The summed E-state index contributed by atoms with van der Waals surface area (Å²) in [4.78, 5) is 0. The van der Waals surface area contributed by atoms with Gasteiger partial charge in [0.15, 0.2) is 0 Å². The van der Waals surface area contributed by atoms with Crippen molar-refractivity contribution in [3.05, 3.63) is 133 Å². The van der Waals surface area contributed by atoms with Gasteiger partial charge in [0, 0.05) is 0 Å². The number of fused-ring (bicyclic) bond motifs is 6. The fourth-order valence-electron chi connectivity index (χ4n) is 4.37. The SMILES string of the molecule is CC1=[C-]c2ccc3ccccc3c2C1.CC1=[C-]c2ccc3ccccc3c2C1.Cl.Cl.[CH3-].[CH3-].[Si]=[Zr]. The maximum absolute atomic E-state index is 3.41. The Hall–Kier alpha value is -1.44. The minimum absolute atomic E-state index is 0. The molecule has 34 heavy (non-hydrogen) atoms. The van der Waals surface area contributed by atoms with Gasteiger partial charge < -0.3 is 14.9 Å². The first-order valence-electron chi connectivity index (χ1n) is 10.1. The van der Waals surface area contributed by atoms with Crippen molar-refractivity contribution in [3.8, 4) is 0 Å². The zero-order valence-corrected chi connectivity index (χ0v) is 25.2. The topological polar surface area (TPSA) is 0 Å². The first-order chi connectivity index (χ1) is 14.7. The van der Waals surface area contributed by atoms with Gasteiger partial charge in [0.2, 0.25) is 0 Å². The van der Waals surface area contributed by atoms with Crippen LogP contribution in [0.3, 0.4) is 0 Å².